The fourth-order valence-electron chi connectivity index (χ4n) is 4.61. The first-order valence-electron chi connectivity index (χ1n) is 10.7. The molecule has 30 heavy (non-hydrogen) atoms. The van der Waals surface area contributed by atoms with Crippen LogP contribution in [0.25, 0.3) is 11.2 Å². The number of rotatable bonds is 4. The maximum Gasteiger partial charge on any atom is 0.227 e. The third kappa shape index (κ3) is 3.70. The van der Waals surface area contributed by atoms with E-state index in [1.807, 2.05) is 47.5 Å². The number of nitrogens with zero attached hydrogens (tertiary/aromatic N) is 4. The van der Waals surface area contributed by atoms with E-state index in [-0.39, 0.29) is 18.1 Å². The second-order valence-corrected chi connectivity index (χ2v) is 8.48. The highest BCUT2D eigenvalue weighted by Crippen LogP contribution is 2.35. The molecule has 0 bridgehead atoms. The van der Waals surface area contributed by atoms with Crippen molar-refractivity contribution in [1.82, 2.24) is 19.4 Å². The van der Waals surface area contributed by atoms with Gasteiger partial charge in [-0.15, -0.1) is 0 Å². The maximum absolute atomic E-state index is 12.8. The second kappa shape index (κ2) is 8.36. The van der Waals surface area contributed by atoms with Crippen molar-refractivity contribution in [2.45, 2.75) is 44.2 Å². The number of imidazole rings is 1. The van der Waals surface area contributed by atoms with Crippen LogP contribution in [0.15, 0.2) is 42.6 Å². The largest absolute Gasteiger partial charge is 0.370 e. The van der Waals surface area contributed by atoms with E-state index in [1.54, 1.807) is 0 Å². The summed E-state index contributed by atoms with van der Waals surface area (Å²) in [6.45, 7) is 2.24. The summed E-state index contributed by atoms with van der Waals surface area (Å²) in [7, 11) is 0. The highest BCUT2D eigenvalue weighted by atomic mass is 35.5. The molecule has 0 spiro atoms. The Hall–Kier alpha value is -2.44. The lowest BCUT2D eigenvalue weighted by atomic mass is 10.0. The van der Waals surface area contributed by atoms with E-state index in [0.717, 1.165) is 67.9 Å². The van der Waals surface area contributed by atoms with Crippen LogP contribution in [0.2, 0.25) is 5.02 Å². The lowest BCUT2D eigenvalue weighted by molar-refractivity contribution is -0.131. The monoisotopic (exact) mass is 424 g/mol. The highest BCUT2D eigenvalue weighted by molar-refractivity contribution is 6.31. The number of fused-ring (bicyclic) bond motifs is 1. The molecule has 156 valence electrons. The Morgan fingerprint density at radius 2 is 1.97 bits per heavy atom. The van der Waals surface area contributed by atoms with Crippen molar-refractivity contribution in [1.29, 1.82) is 0 Å². The highest BCUT2D eigenvalue weighted by Gasteiger charge is 2.31. The summed E-state index contributed by atoms with van der Waals surface area (Å²) in [5, 5.41) is 0.651. The second-order valence-electron chi connectivity index (χ2n) is 8.07. The summed E-state index contributed by atoms with van der Waals surface area (Å²) < 4.78 is 8.23. The first-order valence-corrected chi connectivity index (χ1v) is 11.0. The molecule has 0 unspecified atom stereocenters. The number of likely N-dealkylation sites (tertiary alicyclic amines) is 1. The number of carbonyl (C=O) groups is 1. The van der Waals surface area contributed by atoms with E-state index in [2.05, 4.69) is 9.55 Å². The Balaban J connectivity index is 1.33. The first-order chi connectivity index (χ1) is 14.7. The van der Waals surface area contributed by atoms with Gasteiger partial charge in [-0.05, 0) is 49.4 Å². The zero-order valence-electron chi connectivity index (χ0n) is 16.8. The van der Waals surface area contributed by atoms with Gasteiger partial charge in [-0.3, -0.25) is 4.79 Å². The molecule has 3 aromatic rings. The van der Waals surface area contributed by atoms with Crippen LogP contribution in [0, 0.1) is 0 Å². The van der Waals surface area contributed by atoms with Crippen LogP contribution in [0.4, 0.5) is 0 Å². The molecule has 2 aromatic heterocycles. The zero-order chi connectivity index (χ0) is 20.5. The van der Waals surface area contributed by atoms with Gasteiger partial charge in [0.25, 0.3) is 0 Å². The molecule has 5 rings (SSSR count). The lowest BCUT2D eigenvalue weighted by Crippen LogP contribution is -2.40. The van der Waals surface area contributed by atoms with Crippen LogP contribution in [0.1, 0.15) is 49.2 Å². The van der Waals surface area contributed by atoms with E-state index in [1.165, 1.54) is 0 Å². The van der Waals surface area contributed by atoms with Gasteiger partial charge in [0.2, 0.25) is 5.91 Å². The lowest BCUT2D eigenvalue weighted by Gasteiger charge is -2.34. The first kappa shape index (κ1) is 19.5. The van der Waals surface area contributed by atoms with Crippen molar-refractivity contribution >= 4 is 28.7 Å². The summed E-state index contributed by atoms with van der Waals surface area (Å²) in [5.41, 5.74) is 2.72. The van der Waals surface area contributed by atoms with Crippen LogP contribution in [-0.2, 0) is 16.0 Å². The van der Waals surface area contributed by atoms with Gasteiger partial charge in [-0.1, -0.05) is 29.8 Å². The molecule has 0 radical (unpaired) electrons. The van der Waals surface area contributed by atoms with Gasteiger partial charge in [-0.2, -0.15) is 0 Å². The van der Waals surface area contributed by atoms with E-state index < -0.39 is 0 Å². The molecule has 2 saturated heterocycles. The van der Waals surface area contributed by atoms with Gasteiger partial charge in [0, 0.05) is 37.0 Å². The number of pyridine rings is 1. The number of hydrogen-bond donors (Lipinski definition) is 0. The van der Waals surface area contributed by atoms with E-state index >= 15 is 0 Å². The van der Waals surface area contributed by atoms with Gasteiger partial charge < -0.3 is 14.2 Å². The summed E-state index contributed by atoms with van der Waals surface area (Å²) >= 11 is 6.23. The van der Waals surface area contributed by atoms with E-state index in [0.29, 0.717) is 11.4 Å². The summed E-state index contributed by atoms with van der Waals surface area (Å²) in [6.07, 6.45) is 6.04. The molecule has 1 aromatic carbocycles. The molecule has 6 nitrogen and oxygen atoms in total. The standard InChI is InChI=1S/C23H25ClN4O2/c24-18-6-2-1-5-16(18)15-21(29)27-12-9-17(10-13-27)28-22-19(7-3-11-25-22)26-23(28)20-8-4-14-30-20/h1-3,5-7,11,17,20H,4,8-10,12-15H2/t20-/m0/s1. The Morgan fingerprint density at radius 1 is 1.13 bits per heavy atom. The van der Waals surface area contributed by atoms with Gasteiger partial charge in [-0.25, -0.2) is 9.97 Å². The number of benzene rings is 1. The Kier molecular flexibility index (Phi) is 5.44. The van der Waals surface area contributed by atoms with Crippen molar-refractivity contribution in [3.8, 4) is 0 Å². The number of hydrogen-bond acceptors (Lipinski definition) is 4. The minimum atomic E-state index is 0.0408. The van der Waals surface area contributed by atoms with Crippen molar-refractivity contribution in [2.24, 2.45) is 0 Å². The molecule has 2 aliphatic heterocycles. The average Bonchev–Trinajstić information content (AvgIpc) is 3.43. The Morgan fingerprint density at radius 3 is 2.73 bits per heavy atom. The van der Waals surface area contributed by atoms with E-state index in [4.69, 9.17) is 21.3 Å². The van der Waals surface area contributed by atoms with Crippen LogP contribution < -0.4 is 0 Å². The molecule has 2 aliphatic rings. The zero-order valence-corrected chi connectivity index (χ0v) is 17.6. The third-order valence-corrected chi connectivity index (χ3v) is 6.54. The topological polar surface area (TPSA) is 60.2 Å². The van der Waals surface area contributed by atoms with Crippen molar-refractivity contribution in [3.63, 3.8) is 0 Å². The maximum atomic E-state index is 12.8. The number of halogens is 1. The number of aromatic nitrogens is 3. The molecule has 7 heteroatoms. The van der Waals surface area contributed by atoms with Gasteiger partial charge in [0.1, 0.15) is 17.4 Å². The van der Waals surface area contributed by atoms with Gasteiger partial charge >= 0.3 is 0 Å². The third-order valence-electron chi connectivity index (χ3n) is 6.18. The molecule has 0 aliphatic carbocycles. The van der Waals surface area contributed by atoms with Crippen molar-refractivity contribution in [2.75, 3.05) is 19.7 Å². The van der Waals surface area contributed by atoms with Crippen LogP contribution >= 0.6 is 11.6 Å². The number of carbonyl (C=O) groups excluding carboxylic acids is 1. The van der Waals surface area contributed by atoms with E-state index in [9.17, 15) is 4.79 Å². The molecule has 0 N–H and O–H groups in total. The van der Waals surface area contributed by atoms with Gasteiger partial charge in [0.05, 0.1) is 6.42 Å². The summed E-state index contributed by atoms with van der Waals surface area (Å²) in [6, 6.07) is 11.8. The molecular weight excluding hydrogens is 400 g/mol. The van der Waals surface area contributed by atoms with Gasteiger partial charge in [0.15, 0.2) is 5.65 Å². The van der Waals surface area contributed by atoms with Crippen LogP contribution in [0.3, 0.4) is 0 Å². The van der Waals surface area contributed by atoms with Crippen molar-refractivity contribution in [3.05, 3.63) is 59.0 Å². The predicted octanol–water partition coefficient (Wildman–Crippen LogP) is 4.34. The van der Waals surface area contributed by atoms with Crippen molar-refractivity contribution < 1.29 is 9.53 Å². The molecule has 4 heterocycles. The fraction of sp³-hybridized carbons (Fsp3) is 0.435. The van der Waals surface area contributed by atoms with Crippen LogP contribution in [0.5, 0.6) is 0 Å². The van der Waals surface area contributed by atoms with Crippen LogP contribution in [-0.4, -0.2) is 45.0 Å². The quantitative estimate of drug-likeness (QED) is 0.625. The molecule has 1 amide bonds. The Labute approximate surface area is 180 Å². The molecule has 2 fully saturated rings. The minimum Gasteiger partial charge on any atom is -0.370 e. The SMILES string of the molecule is O=C(Cc1ccccc1Cl)N1CCC(n2c([C@@H]3CCCO3)nc3cccnc32)CC1. The average molecular weight is 425 g/mol. The summed E-state index contributed by atoms with van der Waals surface area (Å²) in [4.78, 5) is 24.3. The number of amides is 1. The molecule has 0 saturated carbocycles. The Bertz CT molecular complexity index is 1050. The number of piperidine rings is 1. The smallest absolute Gasteiger partial charge is 0.227 e. The molecule has 1 atom stereocenters. The predicted molar refractivity (Wildman–Crippen MR) is 115 cm³/mol. The fourth-order valence-corrected chi connectivity index (χ4v) is 4.81. The summed E-state index contributed by atoms with van der Waals surface area (Å²) in [5.74, 6) is 1.12. The normalized spacial score (nSPS) is 20.2. The molecular formula is C23H25ClN4O2. The minimum absolute atomic E-state index is 0.0408. The number of ether oxygens (including phenoxy) is 1.